The van der Waals surface area contributed by atoms with E-state index in [2.05, 4.69) is 24.3 Å². The fourth-order valence-corrected chi connectivity index (χ4v) is 1.58. The summed E-state index contributed by atoms with van der Waals surface area (Å²) in [5, 5.41) is 10.2. The molecule has 0 aliphatic heterocycles. The highest BCUT2D eigenvalue weighted by Gasteiger charge is 2.22. The maximum absolute atomic E-state index is 9.03. The molecule has 0 bridgehead atoms. The molecule has 1 N–H and O–H groups in total. The third-order valence-electron chi connectivity index (χ3n) is 2.44. The molecule has 0 aromatic heterocycles. The molecule has 2 rings (SSSR count). The minimum absolute atomic E-state index is 0.602. The molecule has 1 saturated carbocycles. The van der Waals surface area contributed by atoms with Gasteiger partial charge in [0, 0.05) is 13.6 Å². The lowest BCUT2D eigenvalue weighted by molar-refractivity contribution is -0.0731. The monoisotopic (exact) mass is 177 g/mol. The Morgan fingerprint density at radius 1 is 1.31 bits per heavy atom. The number of nitrogens with zero attached hydrogens (tertiary/aromatic N) is 1. The fraction of sp³-hybridized carbons (Fsp3) is 0.455. The number of hydroxylamine groups is 2. The van der Waals surface area contributed by atoms with Crippen LogP contribution in [0.5, 0.6) is 0 Å². The second-order valence-electron chi connectivity index (χ2n) is 3.83. The first-order valence-corrected chi connectivity index (χ1v) is 4.74. The van der Waals surface area contributed by atoms with Crippen LogP contribution in [0.25, 0.3) is 0 Å². The van der Waals surface area contributed by atoms with Crippen molar-refractivity contribution in [1.82, 2.24) is 5.06 Å². The van der Waals surface area contributed by atoms with Crippen molar-refractivity contribution in [2.75, 3.05) is 7.05 Å². The van der Waals surface area contributed by atoms with Gasteiger partial charge in [-0.15, -0.1) is 0 Å². The van der Waals surface area contributed by atoms with E-state index in [4.69, 9.17) is 5.21 Å². The maximum atomic E-state index is 9.03. The highest BCUT2D eigenvalue weighted by Crippen LogP contribution is 2.39. The normalized spacial score (nSPS) is 16.5. The second-order valence-corrected chi connectivity index (χ2v) is 3.83. The average molecular weight is 177 g/mol. The molecule has 0 saturated heterocycles. The molecule has 2 nitrogen and oxygen atoms in total. The van der Waals surface area contributed by atoms with Gasteiger partial charge in [-0.1, -0.05) is 24.3 Å². The zero-order chi connectivity index (χ0) is 9.26. The summed E-state index contributed by atoms with van der Waals surface area (Å²) in [7, 11) is 1.66. The van der Waals surface area contributed by atoms with Gasteiger partial charge in [-0.25, -0.2) is 0 Å². The largest absolute Gasteiger partial charge is 0.314 e. The summed E-state index contributed by atoms with van der Waals surface area (Å²) in [6, 6.07) is 8.55. The summed E-state index contributed by atoms with van der Waals surface area (Å²) in [6.45, 7) is 0.602. The van der Waals surface area contributed by atoms with Crippen molar-refractivity contribution in [2.24, 2.45) is 0 Å². The van der Waals surface area contributed by atoms with Gasteiger partial charge in [-0.3, -0.25) is 0 Å². The molecular formula is C11H15NO. The summed E-state index contributed by atoms with van der Waals surface area (Å²) in [4.78, 5) is 0. The number of hydrogen-bond acceptors (Lipinski definition) is 2. The van der Waals surface area contributed by atoms with E-state index in [9.17, 15) is 0 Å². The summed E-state index contributed by atoms with van der Waals surface area (Å²) in [5.74, 6) is 0.820. The van der Waals surface area contributed by atoms with Crippen molar-refractivity contribution in [3.05, 3.63) is 35.4 Å². The highest BCUT2D eigenvalue weighted by atomic mass is 16.5. The summed E-state index contributed by atoms with van der Waals surface area (Å²) < 4.78 is 0. The first-order valence-electron chi connectivity index (χ1n) is 4.74. The first-order chi connectivity index (χ1) is 6.25. The molecule has 0 amide bonds. The topological polar surface area (TPSA) is 23.5 Å². The van der Waals surface area contributed by atoms with Crippen LogP contribution < -0.4 is 0 Å². The predicted molar refractivity (Wildman–Crippen MR) is 51.7 cm³/mol. The van der Waals surface area contributed by atoms with E-state index in [0.29, 0.717) is 6.54 Å². The van der Waals surface area contributed by atoms with Crippen molar-refractivity contribution in [3.8, 4) is 0 Å². The molecule has 1 aromatic rings. The van der Waals surface area contributed by atoms with E-state index in [1.54, 1.807) is 7.05 Å². The Kier molecular flexibility index (Phi) is 2.34. The fourth-order valence-electron chi connectivity index (χ4n) is 1.58. The Balaban J connectivity index is 2.04. The Morgan fingerprint density at radius 2 is 1.92 bits per heavy atom. The molecule has 2 heteroatoms. The minimum Gasteiger partial charge on any atom is -0.314 e. The van der Waals surface area contributed by atoms with Crippen molar-refractivity contribution < 1.29 is 5.21 Å². The molecule has 1 aliphatic rings. The zero-order valence-corrected chi connectivity index (χ0v) is 7.90. The lowest BCUT2D eigenvalue weighted by Crippen LogP contribution is -2.11. The van der Waals surface area contributed by atoms with Crippen LogP contribution in [0.4, 0.5) is 0 Å². The van der Waals surface area contributed by atoms with Crippen LogP contribution in [0, 0.1) is 0 Å². The molecule has 0 unspecified atom stereocenters. The van der Waals surface area contributed by atoms with Crippen LogP contribution in [0.15, 0.2) is 24.3 Å². The summed E-state index contributed by atoms with van der Waals surface area (Å²) in [5.41, 5.74) is 2.61. The first kappa shape index (κ1) is 8.73. The third-order valence-corrected chi connectivity index (χ3v) is 2.44. The molecule has 1 fully saturated rings. The van der Waals surface area contributed by atoms with Crippen LogP contribution in [0.2, 0.25) is 0 Å². The van der Waals surface area contributed by atoms with Crippen LogP contribution >= 0.6 is 0 Å². The molecule has 1 aliphatic carbocycles. The Hall–Kier alpha value is -0.860. The molecule has 13 heavy (non-hydrogen) atoms. The Labute approximate surface area is 78.8 Å². The average Bonchev–Trinajstić information content (AvgIpc) is 2.87. The minimum atomic E-state index is 0.602. The SMILES string of the molecule is CN(O)Cc1ccc(C2CC2)cc1. The highest BCUT2D eigenvalue weighted by molar-refractivity contribution is 5.27. The number of hydrogen-bond donors (Lipinski definition) is 1. The lowest BCUT2D eigenvalue weighted by atomic mass is 10.1. The molecule has 1 aromatic carbocycles. The van der Waals surface area contributed by atoms with Gasteiger partial charge in [0.25, 0.3) is 0 Å². The maximum Gasteiger partial charge on any atom is 0.0485 e. The van der Waals surface area contributed by atoms with Crippen LogP contribution in [0.1, 0.15) is 29.9 Å². The standard InChI is InChI=1S/C11H15NO/c1-12(13)8-9-2-4-10(5-3-9)11-6-7-11/h2-5,11,13H,6-8H2,1H3. The molecule has 0 spiro atoms. The summed E-state index contributed by atoms with van der Waals surface area (Å²) >= 11 is 0. The van der Waals surface area contributed by atoms with Gasteiger partial charge < -0.3 is 5.21 Å². The Bertz CT molecular complexity index is 275. The Morgan fingerprint density at radius 3 is 2.38 bits per heavy atom. The van der Waals surface area contributed by atoms with Crippen molar-refractivity contribution >= 4 is 0 Å². The van der Waals surface area contributed by atoms with Gasteiger partial charge >= 0.3 is 0 Å². The quantitative estimate of drug-likeness (QED) is 0.716. The lowest BCUT2D eigenvalue weighted by Gasteiger charge is -2.08. The van der Waals surface area contributed by atoms with E-state index in [-0.39, 0.29) is 0 Å². The molecule has 0 radical (unpaired) electrons. The number of rotatable bonds is 3. The van der Waals surface area contributed by atoms with Crippen molar-refractivity contribution in [1.29, 1.82) is 0 Å². The van der Waals surface area contributed by atoms with E-state index >= 15 is 0 Å². The van der Waals surface area contributed by atoms with Crippen molar-refractivity contribution in [2.45, 2.75) is 25.3 Å². The van der Waals surface area contributed by atoms with Gasteiger partial charge in [0.1, 0.15) is 0 Å². The number of benzene rings is 1. The molecule has 0 atom stereocenters. The molecule has 0 heterocycles. The van der Waals surface area contributed by atoms with Crippen LogP contribution in [-0.4, -0.2) is 17.3 Å². The third kappa shape index (κ3) is 2.29. The van der Waals surface area contributed by atoms with Gasteiger partial charge in [0.05, 0.1) is 0 Å². The predicted octanol–water partition coefficient (Wildman–Crippen LogP) is 2.39. The second kappa shape index (κ2) is 3.48. The van der Waals surface area contributed by atoms with E-state index in [0.717, 1.165) is 11.5 Å². The van der Waals surface area contributed by atoms with Gasteiger partial charge in [-0.2, -0.15) is 5.06 Å². The van der Waals surface area contributed by atoms with E-state index < -0.39 is 0 Å². The van der Waals surface area contributed by atoms with Gasteiger partial charge in [0.15, 0.2) is 0 Å². The van der Waals surface area contributed by atoms with Gasteiger partial charge in [-0.05, 0) is 29.9 Å². The van der Waals surface area contributed by atoms with Crippen LogP contribution in [0.3, 0.4) is 0 Å². The molecule has 70 valence electrons. The van der Waals surface area contributed by atoms with E-state index in [1.165, 1.54) is 23.5 Å². The summed E-state index contributed by atoms with van der Waals surface area (Å²) in [6.07, 6.45) is 2.69. The smallest absolute Gasteiger partial charge is 0.0485 e. The van der Waals surface area contributed by atoms with Crippen molar-refractivity contribution in [3.63, 3.8) is 0 Å². The van der Waals surface area contributed by atoms with Gasteiger partial charge in [0.2, 0.25) is 0 Å². The zero-order valence-electron chi connectivity index (χ0n) is 7.90. The van der Waals surface area contributed by atoms with E-state index in [1.807, 2.05) is 0 Å². The van der Waals surface area contributed by atoms with Crippen LogP contribution in [-0.2, 0) is 6.54 Å². The molecular weight excluding hydrogens is 162 g/mol.